The van der Waals surface area contributed by atoms with Gasteiger partial charge in [0.25, 0.3) is 0 Å². The van der Waals surface area contributed by atoms with Gasteiger partial charge in [-0.05, 0) is 30.0 Å². The molecule has 1 unspecified atom stereocenters. The third-order valence-electron chi connectivity index (χ3n) is 3.05. The van der Waals surface area contributed by atoms with Crippen LogP contribution in [0.3, 0.4) is 0 Å². The standard InChI is InChI=1S/C12H13N3/c13-10-5-4-9-2-1-3-11(12(9)10)15-7-6-14-8-15/h1-3,6-8,10H,4-5,13H2. The van der Waals surface area contributed by atoms with Crippen molar-refractivity contribution in [3.8, 4) is 5.69 Å². The van der Waals surface area contributed by atoms with E-state index in [-0.39, 0.29) is 6.04 Å². The molecule has 2 N–H and O–H groups in total. The maximum absolute atomic E-state index is 6.12. The van der Waals surface area contributed by atoms with Gasteiger partial charge in [0.2, 0.25) is 0 Å². The highest BCUT2D eigenvalue weighted by Gasteiger charge is 2.22. The molecule has 1 atom stereocenters. The number of nitrogens with zero attached hydrogens (tertiary/aromatic N) is 2. The van der Waals surface area contributed by atoms with Gasteiger partial charge in [-0.15, -0.1) is 0 Å². The van der Waals surface area contributed by atoms with Gasteiger partial charge in [-0.2, -0.15) is 0 Å². The monoisotopic (exact) mass is 199 g/mol. The average molecular weight is 199 g/mol. The Morgan fingerprint density at radius 3 is 3.13 bits per heavy atom. The normalized spacial score (nSPS) is 19.1. The first kappa shape index (κ1) is 8.68. The highest BCUT2D eigenvalue weighted by Crippen LogP contribution is 2.33. The predicted octanol–water partition coefficient (Wildman–Crippen LogP) is 1.82. The van der Waals surface area contributed by atoms with Crippen molar-refractivity contribution in [1.82, 2.24) is 9.55 Å². The van der Waals surface area contributed by atoms with Crippen molar-refractivity contribution in [2.45, 2.75) is 18.9 Å². The summed E-state index contributed by atoms with van der Waals surface area (Å²) >= 11 is 0. The van der Waals surface area contributed by atoms with Crippen LogP contribution in [0.25, 0.3) is 5.69 Å². The second-order valence-corrected chi connectivity index (χ2v) is 3.97. The smallest absolute Gasteiger partial charge is 0.0991 e. The zero-order chi connectivity index (χ0) is 10.3. The fourth-order valence-electron chi connectivity index (χ4n) is 2.33. The molecule has 0 amide bonds. The molecule has 76 valence electrons. The van der Waals surface area contributed by atoms with Gasteiger partial charge in [-0.3, -0.25) is 0 Å². The summed E-state index contributed by atoms with van der Waals surface area (Å²) in [5.41, 5.74) is 9.97. The Morgan fingerprint density at radius 2 is 2.33 bits per heavy atom. The van der Waals surface area contributed by atoms with E-state index >= 15 is 0 Å². The molecule has 15 heavy (non-hydrogen) atoms. The topological polar surface area (TPSA) is 43.8 Å². The lowest BCUT2D eigenvalue weighted by Gasteiger charge is -2.12. The maximum Gasteiger partial charge on any atom is 0.0991 e. The van der Waals surface area contributed by atoms with Crippen LogP contribution in [0, 0.1) is 0 Å². The summed E-state index contributed by atoms with van der Waals surface area (Å²) in [6.07, 6.45) is 7.72. The second-order valence-electron chi connectivity index (χ2n) is 3.97. The largest absolute Gasteiger partial charge is 0.324 e. The van der Waals surface area contributed by atoms with E-state index in [0.29, 0.717) is 0 Å². The molecule has 0 bridgehead atoms. The van der Waals surface area contributed by atoms with Gasteiger partial charge in [0.05, 0.1) is 12.0 Å². The molecule has 0 saturated carbocycles. The van der Waals surface area contributed by atoms with E-state index < -0.39 is 0 Å². The van der Waals surface area contributed by atoms with E-state index in [1.54, 1.807) is 6.20 Å². The SMILES string of the molecule is NC1CCc2cccc(-n3ccnc3)c21. The number of rotatable bonds is 1. The van der Waals surface area contributed by atoms with Gasteiger partial charge in [-0.25, -0.2) is 4.98 Å². The zero-order valence-corrected chi connectivity index (χ0v) is 8.43. The van der Waals surface area contributed by atoms with E-state index in [2.05, 4.69) is 23.2 Å². The first-order valence-corrected chi connectivity index (χ1v) is 5.22. The van der Waals surface area contributed by atoms with Gasteiger partial charge >= 0.3 is 0 Å². The van der Waals surface area contributed by atoms with Crippen molar-refractivity contribution < 1.29 is 0 Å². The summed E-state index contributed by atoms with van der Waals surface area (Å²) in [6.45, 7) is 0. The lowest BCUT2D eigenvalue weighted by Crippen LogP contribution is -2.09. The number of hydrogen-bond donors (Lipinski definition) is 1. The Kier molecular flexibility index (Phi) is 1.86. The third kappa shape index (κ3) is 1.27. The second kappa shape index (κ2) is 3.21. The number of benzene rings is 1. The highest BCUT2D eigenvalue weighted by atomic mass is 15.0. The number of nitrogens with two attached hydrogens (primary N) is 1. The molecule has 3 heteroatoms. The number of hydrogen-bond acceptors (Lipinski definition) is 2. The van der Waals surface area contributed by atoms with Crippen LogP contribution in [0.5, 0.6) is 0 Å². The van der Waals surface area contributed by atoms with E-state index in [0.717, 1.165) is 12.8 Å². The van der Waals surface area contributed by atoms with Crippen molar-refractivity contribution >= 4 is 0 Å². The molecule has 1 aliphatic rings. The molecule has 3 nitrogen and oxygen atoms in total. The van der Waals surface area contributed by atoms with Crippen LogP contribution in [0.15, 0.2) is 36.9 Å². The number of aryl methyl sites for hydroxylation is 1. The first-order chi connectivity index (χ1) is 7.36. The summed E-state index contributed by atoms with van der Waals surface area (Å²) < 4.78 is 2.03. The summed E-state index contributed by atoms with van der Waals surface area (Å²) in [7, 11) is 0. The van der Waals surface area contributed by atoms with Crippen LogP contribution >= 0.6 is 0 Å². The predicted molar refractivity (Wildman–Crippen MR) is 58.8 cm³/mol. The minimum absolute atomic E-state index is 0.179. The summed E-state index contributed by atoms with van der Waals surface area (Å²) in [5, 5.41) is 0. The maximum atomic E-state index is 6.12. The molecular weight excluding hydrogens is 186 g/mol. The fourth-order valence-corrected chi connectivity index (χ4v) is 2.33. The van der Waals surface area contributed by atoms with Crippen LogP contribution in [-0.4, -0.2) is 9.55 Å². The molecule has 1 aromatic carbocycles. The average Bonchev–Trinajstić information content (AvgIpc) is 2.88. The first-order valence-electron chi connectivity index (χ1n) is 5.22. The number of imidazole rings is 1. The molecule has 1 aromatic heterocycles. The molecule has 2 aromatic rings. The highest BCUT2D eigenvalue weighted by molar-refractivity contribution is 5.50. The van der Waals surface area contributed by atoms with Crippen molar-refractivity contribution in [3.63, 3.8) is 0 Å². The summed E-state index contributed by atoms with van der Waals surface area (Å²) in [4.78, 5) is 4.07. The molecule has 0 radical (unpaired) electrons. The van der Waals surface area contributed by atoms with E-state index in [1.165, 1.54) is 16.8 Å². The minimum atomic E-state index is 0.179. The molecule has 3 rings (SSSR count). The molecule has 1 heterocycles. The fraction of sp³-hybridized carbons (Fsp3) is 0.250. The molecular formula is C12H13N3. The number of aromatic nitrogens is 2. The number of fused-ring (bicyclic) bond motifs is 1. The van der Waals surface area contributed by atoms with E-state index in [1.807, 2.05) is 17.1 Å². The van der Waals surface area contributed by atoms with Crippen molar-refractivity contribution in [2.24, 2.45) is 5.73 Å². The van der Waals surface area contributed by atoms with Crippen molar-refractivity contribution in [2.75, 3.05) is 0 Å². The molecule has 0 spiro atoms. The Hall–Kier alpha value is -1.61. The quantitative estimate of drug-likeness (QED) is 0.761. The molecule has 0 aliphatic heterocycles. The minimum Gasteiger partial charge on any atom is -0.324 e. The summed E-state index contributed by atoms with van der Waals surface area (Å²) in [5.74, 6) is 0. The van der Waals surface area contributed by atoms with Crippen LogP contribution in [0.2, 0.25) is 0 Å². The Bertz CT molecular complexity index is 474. The molecule has 1 aliphatic carbocycles. The van der Waals surface area contributed by atoms with Gasteiger partial charge < -0.3 is 10.3 Å². The lowest BCUT2D eigenvalue weighted by atomic mass is 10.1. The van der Waals surface area contributed by atoms with Gasteiger partial charge in [0.15, 0.2) is 0 Å². The molecule has 0 saturated heterocycles. The van der Waals surface area contributed by atoms with Gasteiger partial charge in [-0.1, -0.05) is 12.1 Å². The Labute approximate surface area is 88.6 Å². The lowest BCUT2D eigenvalue weighted by molar-refractivity contribution is 0.709. The zero-order valence-electron chi connectivity index (χ0n) is 8.43. The van der Waals surface area contributed by atoms with E-state index in [9.17, 15) is 0 Å². The molecule has 0 fully saturated rings. The van der Waals surface area contributed by atoms with Crippen LogP contribution in [-0.2, 0) is 6.42 Å². The van der Waals surface area contributed by atoms with Gasteiger partial charge in [0.1, 0.15) is 0 Å². The Balaban J connectivity index is 2.21. The Morgan fingerprint density at radius 1 is 1.40 bits per heavy atom. The van der Waals surface area contributed by atoms with Gasteiger partial charge in [0, 0.05) is 18.4 Å². The third-order valence-corrected chi connectivity index (χ3v) is 3.05. The van der Waals surface area contributed by atoms with Crippen LogP contribution in [0.4, 0.5) is 0 Å². The van der Waals surface area contributed by atoms with Crippen LogP contribution < -0.4 is 5.73 Å². The van der Waals surface area contributed by atoms with Crippen LogP contribution in [0.1, 0.15) is 23.6 Å². The van der Waals surface area contributed by atoms with Crippen molar-refractivity contribution in [1.29, 1.82) is 0 Å². The van der Waals surface area contributed by atoms with E-state index in [4.69, 9.17) is 5.73 Å². The summed E-state index contributed by atoms with van der Waals surface area (Å²) in [6, 6.07) is 6.54. The van der Waals surface area contributed by atoms with Crippen molar-refractivity contribution in [3.05, 3.63) is 48.0 Å².